The number of hydrogen-bond donors (Lipinski definition) is 1. The van der Waals surface area contributed by atoms with E-state index in [-0.39, 0.29) is 23.3 Å². The van der Waals surface area contributed by atoms with Crippen LogP contribution < -0.4 is 4.74 Å². The first kappa shape index (κ1) is 18.9. The van der Waals surface area contributed by atoms with Crippen molar-refractivity contribution in [3.8, 4) is 5.75 Å². The molecule has 0 bridgehead atoms. The van der Waals surface area contributed by atoms with Crippen LogP contribution in [-0.4, -0.2) is 51.4 Å². The first-order valence-electron chi connectivity index (χ1n) is 8.96. The van der Waals surface area contributed by atoms with Gasteiger partial charge in [-0.1, -0.05) is 0 Å². The average Bonchev–Trinajstić information content (AvgIpc) is 3.17. The molecule has 1 saturated heterocycles. The van der Waals surface area contributed by atoms with Gasteiger partial charge in [0.1, 0.15) is 11.6 Å². The SMILES string of the molecule is O=C(O)c1cnn(C2CCN(C(=O)CCCOc3ccc(F)cc3)CC2)c1. The number of aromatic nitrogens is 2. The fourth-order valence-electron chi connectivity index (χ4n) is 3.13. The number of piperidine rings is 1. The van der Waals surface area contributed by atoms with Crippen molar-refractivity contribution >= 4 is 11.9 Å². The molecule has 1 amide bonds. The second-order valence-corrected chi connectivity index (χ2v) is 6.53. The zero-order chi connectivity index (χ0) is 19.2. The van der Waals surface area contributed by atoms with Crippen molar-refractivity contribution in [2.24, 2.45) is 0 Å². The van der Waals surface area contributed by atoms with E-state index in [2.05, 4.69) is 5.10 Å². The van der Waals surface area contributed by atoms with Gasteiger partial charge in [-0.25, -0.2) is 9.18 Å². The smallest absolute Gasteiger partial charge is 0.338 e. The normalized spacial score (nSPS) is 14.9. The summed E-state index contributed by atoms with van der Waals surface area (Å²) in [6, 6.07) is 5.91. The minimum Gasteiger partial charge on any atom is -0.494 e. The van der Waals surface area contributed by atoms with Gasteiger partial charge < -0.3 is 14.7 Å². The molecule has 0 spiro atoms. The highest BCUT2D eigenvalue weighted by Gasteiger charge is 2.24. The van der Waals surface area contributed by atoms with E-state index in [9.17, 15) is 14.0 Å². The molecule has 3 rings (SSSR count). The van der Waals surface area contributed by atoms with E-state index in [1.807, 2.05) is 4.90 Å². The Morgan fingerprint density at radius 3 is 2.56 bits per heavy atom. The van der Waals surface area contributed by atoms with Crippen LogP contribution >= 0.6 is 0 Å². The van der Waals surface area contributed by atoms with Crippen LogP contribution in [0.15, 0.2) is 36.7 Å². The number of ether oxygens (including phenoxy) is 1. The first-order chi connectivity index (χ1) is 13.0. The molecule has 0 radical (unpaired) electrons. The Morgan fingerprint density at radius 2 is 1.93 bits per heavy atom. The molecule has 2 aromatic rings. The molecule has 1 aromatic heterocycles. The molecule has 1 aliphatic heterocycles. The van der Waals surface area contributed by atoms with Crippen LogP contribution in [0.2, 0.25) is 0 Å². The minimum absolute atomic E-state index is 0.0860. The van der Waals surface area contributed by atoms with Crippen LogP contribution in [0.4, 0.5) is 4.39 Å². The number of likely N-dealkylation sites (tertiary alicyclic amines) is 1. The third kappa shape index (κ3) is 5.06. The molecule has 0 saturated carbocycles. The van der Waals surface area contributed by atoms with Crippen LogP contribution in [0.25, 0.3) is 0 Å². The van der Waals surface area contributed by atoms with Gasteiger partial charge in [0.15, 0.2) is 0 Å². The second-order valence-electron chi connectivity index (χ2n) is 6.53. The van der Waals surface area contributed by atoms with Gasteiger partial charge in [-0.15, -0.1) is 0 Å². The number of hydrogen-bond acceptors (Lipinski definition) is 4. The van der Waals surface area contributed by atoms with E-state index >= 15 is 0 Å². The molecule has 1 fully saturated rings. The number of carboxylic acid groups (broad SMARTS) is 1. The number of amides is 1. The standard InChI is InChI=1S/C19H22FN3O4/c20-15-3-5-17(6-4-15)27-11-1-2-18(24)22-9-7-16(8-10-22)23-13-14(12-21-23)19(25)26/h3-6,12-13,16H,1-2,7-11H2,(H,25,26). The van der Waals surface area contributed by atoms with Gasteiger partial charge >= 0.3 is 5.97 Å². The van der Waals surface area contributed by atoms with Gasteiger partial charge in [-0.2, -0.15) is 5.10 Å². The summed E-state index contributed by atoms with van der Waals surface area (Å²) < 4.78 is 20.0. The van der Waals surface area contributed by atoms with Gasteiger partial charge in [0.05, 0.1) is 24.4 Å². The van der Waals surface area contributed by atoms with Crippen LogP contribution in [-0.2, 0) is 4.79 Å². The molecule has 1 aliphatic rings. The Morgan fingerprint density at radius 1 is 1.22 bits per heavy atom. The zero-order valence-corrected chi connectivity index (χ0v) is 14.9. The molecule has 2 heterocycles. The number of carbonyl (C=O) groups is 2. The summed E-state index contributed by atoms with van der Waals surface area (Å²) in [7, 11) is 0. The maximum Gasteiger partial charge on any atom is 0.338 e. The maximum atomic E-state index is 12.8. The Labute approximate surface area is 156 Å². The van der Waals surface area contributed by atoms with Crippen molar-refractivity contribution in [2.45, 2.75) is 31.7 Å². The molecule has 1 N–H and O–H groups in total. The van der Waals surface area contributed by atoms with E-state index in [0.717, 1.165) is 12.8 Å². The largest absolute Gasteiger partial charge is 0.494 e. The van der Waals surface area contributed by atoms with Gasteiger partial charge in [-0.05, 0) is 43.5 Å². The van der Waals surface area contributed by atoms with Crippen LogP contribution in [0.1, 0.15) is 42.1 Å². The minimum atomic E-state index is -0.989. The Hall–Kier alpha value is -2.90. The summed E-state index contributed by atoms with van der Waals surface area (Å²) in [6.45, 7) is 1.66. The number of carboxylic acids is 1. The van der Waals surface area contributed by atoms with Crippen molar-refractivity contribution < 1.29 is 23.8 Å². The number of benzene rings is 1. The topological polar surface area (TPSA) is 84.7 Å². The summed E-state index contributed by atoms with van der Waals surface area (Å²) in [4.78, 5) is 25.1. The van der Waals surface area contributed by atoms with Crippen LogP contribution in [0.5, 0.6) is 5.75 Å². The Bertz CT molecular complexity index is 783. The lowest BCUT2D eigenvalue weighted by Gasteiger charge is -2.32. The number of halogens is 1. The van der Waals surface area contributed by atoms with Gasteiger partial charge in [0, 0.05) is 25.7 Å². The molecule has 0 aliphatic carbocycles. The molecule has 27 heavy (non-hydrogen) atoms. The number of carbonyl (C=O) groups excluding carboxylic acids is 1. The van der Waals surface area contributed by atoms with Crippen molar-refractivity contribution in [2.75, 3.05) is 19.7 Å². The van der Waals surface area contributed by atoms with E-state index in [4.69, 9.17) is 9.84 Å². The average molecular weight is 375 g/mol. The highest BCUT2D eigenvalue weighted by Crippen LogP contribution is 2.23. The number of nitrogens with zero attached hydrogens (tertiary/aromatic N) is 3. The maximum absolute atomic E-state index is 12.8. The van der Waals surface area contributed by atoms with Gasteiger partial charge in [0.25, 0.3) is 0 Å². The first-order valence-corrected chi connectivity index (χ1v) is 8.96. The number of aromatic carboxylic acids is 1. The number of rotatable bonds is 7. The fraction of sp³-hybridized carbons (Fsp3) is 0.421. The lowest BCUT2D eigenvalue weighted by Crippen LogP contribution is -2.39. The summed E-state index contributed by atoms with van der Waals surface area (Å²) in [6.07, 6.45) is 5.38. The highest BCUT2D eigenvalue weighted by atomic mass is 19.1. The zero-order valence-electron chi connectivity index (χ0n) is 14.9. The highest BCUT2D eigenvalue weighted by molar-refractivity contribution is 5.86. The molecule has 0 unspecified atom stereocenters. The third-order valence-corrected chi connectivity index (χ3v) is 4.66. The molecule has 1 aromatic carbocycles. The lowest BCUT2D eigenvalue weighted by molar-refractivity contribution is -0.132. The van der Waals surface area contributed by atoms with Crippen molar-refractivity contribution in [3.05, 3.63) is 48.0 Å². The van der Waals surface area contributed by atoms with E-state index in [0.29, 0.717) is 38.3 Å². The molecular formula is C19H22FN3O4. The summed E-state index contributed by atoms with van der Waals surface area (Å²) in [5, 5.41) is 13.1. The molecule has 8 heteroatoms. The monoisotopic (exact) mass is 375 g/mol. The van der Waals surface area contributed by atoms with E-state index < -0.39 is 5.97 Å². The predicted octanol–water partition coefficient (Wildman–Crippen LogP) is 2.74. The van der Waals surface area contributed by atoms with Gasteiger partial charge in [-0.3, -0.25) is 9.48 Å². The summed E-state index contributed by atoms with van der Waals surface area (Å²) in [5.41, 5.74) is 0.176. The molecular weight excluding hydrogens is 353 g/mol. The summed E-state index contributed by atoms with van der Waals surface area (Å²) >= 11 is 0. The van der Waals surface area contributed by atoms with Crippen molar-refractivity contribution in [1.82, 2.24) is 14.7 Å². The predicted molar refractivity (Wildman–Crippen MR) is 95.2 cm³/mol. The molecule has 144 valence electrons. The lowest BCUT2D eigenvalue weighted by atomic mass is 10.0. The van der Waals surface area contributed by atoms with Crippen LogP contribution in [0.3, 0.4) is 0 Å². The van der Waals surface area contributed by atoms with Gasteiger partial charge in [0.2, 0.25) is 5.91 Å². The fourth-order valence-corrected chi connectivity index (χ4v) is 3.13. The van der Waals surface area contributed by atoms with Crippen LogP contribution in [0, 0.1) is 5.82 Å². The Balaban J connectivity index is 1.37. The van der Waals surface area contributed by atoms with Crippen molar-refractivity contribution in [3.63, 3.8) is 0 Å². The van der Waals surface area contributed by atoms with Crippen molar-refractivity contribution in [1.29, 1.82) is 0 Å². The summed E-state index contributed by atoms with van der Waals surface area (Å²) in [5.74, 6) is -0.626. The molecule has 0 atom stereocenters. The quantitative estimate of drug-likeness (QED) is 0.752. The Kier molecular flexibility index (Phi) is 6.05. The second kappa shape index (κ2) is 8.66. The van der Waals surface area contributed by atoms with E-state index in [1.165, 1.54) is 24.5 Å². The van der Waals surface area contributed by atoms with E-state index in [1.54, 1.807) is 16.8 Å². The molecule has 7 nitrogen and oxygen atoms in total. The third-order valence-electron chi connectivity index (χ3n) is 4.66.